The molecular formula is C16H23N3O2. The molecule has 0 saturated carbocycles. The number of hydrogen-bond donors (Lipinski definition) is 2. The highest BCUT2D eigenvalue weighted by Crippen LogP contribution is 2.24. The second-order valence-corrected chi connectivity index (χ2v) is 6.36. The summed E-state index contributed by atoms with van der Waals surface area (Å²) in [7, 11) is 0. The summed E-state index contributed by atoms with van der Waals surface area (Å²) in [6.45, 7) is 6.82. The lowest BCUT2D eigenvalue weighted by molar-refractivity contribution is 0.0742. The van der Waals surface area contributed by atoms with Crippen LogP contribution in [0.5, 0.6) is 0 Å². The van der Waals surface area contributed by atoms with Crippen LogP contribution in [0.25, 0.3) is 0 Å². The minimum absolute atomic E-state index is 0.0110. The van der Waals surface area contributed by atoms with Crippen LogP contribution in [-0.4, -0.2) is 46.7 Å². The molecule has 3 heterocycles. The molecule has 0 radical (unpaired) electrons. The second-order valence-electron chi connectivity index (χ2n) is 6.36. The number of nitrogens with zero attached hydrogens (tertiary/aromatic N) is 1. The summed E-state index contributed by atoms with van der Waals surface area (Å²) in [5.74, 6) is 0.0364. The SMILES string of the molecule is CC(=O)c1c(C)[nH]c(C(=O)N2CCC3CCC(C2)N3)c1C. The molecule has 2 fully saturated rings. The molecule has 1 amide bonds. The lowest BCUT2D eigenvalue weighted by atomic mass is 10.1. The van der Waals surface area contributed by atoms with Gasteiger partial charge in [-0.1, -0.05) is 0 Å². The van der Waals surface area contributed by atoms with E-state index in [-0.39, 0.29) is 11.7 Å². The smallest absolute Gasteiger partial charge is 0.270 e. The average Bonchev–Trinajstić information content (AvgIpc) is 2.88. The zero-order valence-electron chi connectivity index (χ0n) is 13.0. The van der Waals surface area contributed by atoms with Crippen molar-refractivity contribution in [2.45, 2.75) is 52.1 Å². The summed E-state index contributed by atoms with van der Waals surface area (Å²) in [6, 6.07) is 0.983. The predicted molar refractivity (Wildman–Crippen MR) is 80.7 cm³/mol. The van der Waals surface area contributed by atoms with Gasteiger partial charge in [-0.3, -0.25) is 9.59 Å². The van der Waals surface area contributed by atoms with Crippen LogP contribution < -0.4 is 5.32 Å². The fourth-order valence-corrected chi connectivity index (χ4v) is 3.78. The number of Topliss-reactive ketones (excluding diaryl/α,β-unsaturated/α-hetero) is 1. The number of carbonyl (C=O) groups is 2. The molecule has 21 heavy (non-hydrogen) atoms. The van der Waals surface area contributed by atoms with Crippen LogP contribution in [0.4, 0.5) is 0 Å². The number of aromatic amines is 1. The van der Waals surface area contributed by atoms with Crippen molar-refractivity contribution in [3.63, 3.8) is 0 Å². The Morgan fingerprint density at radius 3 is 2.52 bits per heavy atom. The van der Waals surface area contributed by atoms with Gasteiger partial charge in [-0.25, -0.2) is 0 Å². The van der Waals surface area contributed by atoms with E-state index in [0.29, 0.717) is 23.3 Å². The second kappa shape index (κ2) is 5.30. The van der Waals surface area contributed by atoms with Gasteiger partial charge in [-0.05, 0) is 45.6 Å². The molecule has 0 aromatic carbocycles. The summed E-state index contributed by atoms with van der Waals surface area (Å²) in [5.41, 5.74) is 2.81. The molecule has 0 spiro atoms. The first-order valence-corrected chi connectivity index (χ1v) is 7.72. The summed E-state index contributed by atoms with van der Waals surface area (Å²) >= 11 is 0. The molecule has 1 aromatic heterocycles. The third-order valence-corrected chi connectivity index (χ3v) is 4.81. The highest BCUT2D eigenvalue weighted by Gasteiger charge is 2.32. The number of H-pyrrole nitrogens is 1. The maximum Gasteiger partial charge on any atom is 0.270 e. The number of nitrogens with one attached hydrogen (secondary N) is 2. The van der Waals surface area contributed by atoms with Gasteiger partial charge in [-0.15, -0.1) is 0 Å². The van der Waals surface area contributed by atoms with Gasteiger partial charge in [0.05, 0.1) is 0 Å². The van der Waals surface area contributed by atoms with Gasteiger partial charge in [0.2, 0.25) is 0 Å². The number of fused-ring (bicyclic) bond motifs is 2. The van der Waals surface area contributed by atoms with Crippen molar-refractivity contribution in [3.05, 3.63) is 22.5 Å². The van der Waals surface area contributed by atoms with Crippen LogP contribution in [-0.2, 0) is 0 Å². The van der Waals surface area contributed by atoms with Gasteiger partial charge in [0, 0.05) is 36.4 Å². The summed E-state index contributed by atoms with van der Waals surface area (Å²) in [4.78, 5) is 29.5. The van der Waals surface area contributed by atoms with E-state index >= 15 is 0 Å². The monoisotopic (exact) mass is 289 g/mol. The number of hydrogen-bond acceptors (Lipinski definition) is 3. The van der Waals surface area contributed by atoms with Crippen LogP contribution in [0.15, 0.2) is 0 Å². The lowest BCUT2D eigenvalue weighted by Crippen LogP contribution is -2.39. The molecule has 3 rings (SSSR count). The van der Waals surface area contributed by atoms with E-state index in [1.165, 1.54) is 6.42 Å². The molecule has 1 aromatic rings. The number of ketones is 1. The zero-order chi connectivity index (χ0) is 15.1. The number of carbonyl (C=O) groups excluding carboxylic acids is 2. The Labute approximate surface area is 125 Å². The molecule has 5 heteroatoms. The third kappa shape index (κ3) is 2.50. The fraction of sp³-hybridized carbons (Fsp3) is 0.625. The van der Waals surface area contributed by atoms with Crippen molar-refractivity contribution >= 4 is 11.7 Å². The Bertz CT molecular complexity index is 591. The topological polar surface area (TPSA) is 65.2 Å². The van der Waals surface area contributed by atoms with Crippen LogP contribution in [0.1, 0.15) is 58.3 Å². The van der Waals surface area contributed by atoms with Crippen molar-refractivity contribution < 1.29 is 9.59 Å². The molecule has 5 nitrogen and oxygen atoms in total. The molecule has 2 atom stereocenters. The van der Waals surface area contributed by atoms with Gasteiger partial charge >= 0.3 is 0 Å². The molecular weight excluding hydrogens is 266 g/mol. The quantitative estimate of drug-likeness (QED) is 0.816. The van der Waals surface area contributed by atoms with Crippen LogP contribution in [0, 0.1) is 13.8 Å². The zero-order valence-corrected chi connectivity index (χ0v) is 13.0. The maximum absolute atomic E-state index is 12.8. The highest BCUT2D eigenvalue weighted by atomic mass is 16.2. The summed E-state index contributed by atoms with van der Waals surface area (Å²) in [5, 5.41) is 3.58. The number of rotatable bonds is 2. The minimum atomic E-state index is 0.0110. The molecule has 2 bridgehead atoms. The standard InChI is InChI=1S/C16H23N3O2/c1-9-14(11(3)20)10(2)17-15(9)16(21)19-7-6-12-4-5-13(8-19)18-12/h12-13,17-18H,4-8H2,1-3H3. The number of amides is 1. The van der Waals surface area contributed by atoms with E-state index < -0.39 is 0 Å². The summed E-state index contributed by atoms with van der Waals surface area (Å²) < 4.78 is 0. The molecule has 114 valence electrons. The number of aryl methyl sites for hydroxylation is 1. The normalized spacial score (nSPS) is 25.0. The van der Waals surface area contributed by atoms with Gasteiger partial charge in [0.1, 0.15) is 5.69 Å². The first-order chi connectivity index (χ1) is 9.97. The Balaban J connectivity index is 1.85. The van der Waals surface area contributed by atoms with E-state index in [1.54, 1.807) is 6.92 Å². The number of aromatic nitrogens is 1. The van der Waals surface area contributed by atoms with Crippen LogP contribution in [0.3, 0.4) is 0 Å². The Morgan fingerprint density at radius 1 is 1.14 bits per heavy atom. The predicted octanol–water partition coefficient (Wildman–Crippen LogP) is 1.80. The average molecular weight is 289 g/mol. The van der Waals surface area contributed by atoms with Gasteiger partial charge in [0.15, 0.2) is 5.78 Å². The van der Waals surface area contributed by atoms with Crippen LogP contribution in [0.2, 0.25) is 0 Å². The van der Waals surface area contributed by atoms with Crippen molar-refractivity contribution in [3.8, 4) is 0 Å². The minimum Gasteiger partial charge on any atom is -0.354 e. The molecule has 2 aliphatic heterocycles. The Hall–Kier alpha value is -1.62. The van der Waals surface area contributed by atoms with E-state index in [9.17, 15) is 9.59 Å². The van der Waals surface area contributed by atoms with Gasteiger partial charge in [0.25, 0.3) is 5.91 Å². The molecule has 2 aliphatic rings. The summed E-state index contributed by atoms with van der Waals surface area (Å²) in [6.07, 6.45) is 3.39. The van der Waals surface area contributed by atoms with E-state index in [2.05, 4.69) is 10.3 Å². The highest BCUT2D eigenvalue weighted by molar-refractivity contribution is 6.02. The van der Waals surface area contributed by atoms with E-state index in [4.69, 9.17) is 0 Å². The lowest BCUT2D eigenvalue weighted by Gasteiger charge is -2.24. The largest absolute Gasteiger partial charge is 0.354 e. The third-order valence-electron chi connectivity index (χ3n) is 4.81. The molecule has 2 N–H and O–H groups in total. The number of likely N-dealkylation sites (tertiary alicyclic amines) is 1. The van der Waals surface area contributed by atoms with E-state index in [0.717, 1.165) is 37.2 Å². The Kier molecular flexibility index (Phi) is 3.61. The van der Waals surface area contributed by atoms with Crippen molar-refractivity contribution in [2.75, 3.05) is 13.1 Å². The fourth-order valence-electron chi connectivity index (χ4n) is 3.78. The Morgan fingerprint density at radius 2 is 1.86 bits per heavy atom. The molecule has 0 aliphatic carbocycles. The first-order valence-electron chi connectivity index (χ1n) is 7.72. The first kappa shape index (κ1) is 14.3. The van der Waals surface area contributed by atoms with Crippen molar-refractivity contribution in [2.24, 2.45) is 0 Å². The van der Waals surface area contributed by atoms with Gasteiger partial charge < -0.3 is 15.2 Å². The van der Waals surface area contributed by atoms with E-state index in [1.807, 2.05) is 18.7 Å². The van der Waals surface area contributed by atoms with Crippen molar-refractivity contribution in [1.82, 2.24) is 15.2 Å². The molecule has 2 saturated heterocycles. The van der Waals surface area contributed by atoms with Crippen molar-refractivity contribution in [1.29, 1.82) is 0 Å². The van der Waals surface area contributed by atoms with Crippen LogP contribution >= 0.6 is 0 Å². The van der Waals surface area contributed by atoms with Gasteiger partial charge in [-0.2, -0.15) is 0 Å². The molecule has 2 unspecified atom stereocenters. The maximum atomic E-state index is 12.8.